The van der Waals surface area contributed by atoms with Crippen molar-refractivity contribution in [3.63, 3.8) is 0 Å². The van der Waals surface area contributed by atoms with Gasteiger partial charge < -0.3 is 5.11 Å². The third-order valence-electron chi connectivity index (χ3n) is 1.59. The molecule has 1 N–H and O–H groups in total. The van der Waals surface area contributed by atoms with Crippen LogP contribution in [0.3, 0.4) is 0 Å². The zero-order valence-corrected chi connectivity index (χ0v) is 10.7. The van der Waals surface area contributed by atoms with Crippen molar-refractivity contribution in [3.05, 3.63) is 31.3 Å². The van der Waals surface area contributed by atoms with E-state index in [-0.39, 0.29) is 6.42 Å². The van der Waals surface area contributed by atoms with Gasteiger partial charge >= 0.3 is 5.97 Å². The van der Waals surface area contributed by atoms with Gasteiger partial charge in [-0.05, 0) is 62.6 Å². The van der Waals surface area contributed by atoms with E-state index in [1.807, 2.05) is 19.1 Å². The van der Waals surface area contributed by atoms with Crippen LogP contribution < -0.4 is 0 Å². The molecule has 0 aromatic heterocycles. The summed E-state index contributed by atoms with van der Waals surface area (Å²) in [5.74, 6) is -0.796. The minimum Gasteiger partial charge on any atom is -0.481 e. The minimum absolute atomic E-state index is 0.0819. The summed E-state index contributed by atoms with van der Waals surface area (Å²) >= 11 is 5.53. The van der Waals surface area contributed by atoms with Gasteiger partial charge in [-0.25, -0.2) is 0 Å². The van der Waals surface area contributed by atoms with Crippen LogP contribution in [0.25, 0.3) is 0 Å². The normalized spacial score (nSPS) is 10.1. The molecule has 0 radical (unpaired) electrons. The molecule has 1 rings (SSSR count). The molecule has 0 aliphatic heterocycles. The van der Waals surface area contributed by atoms with Crippen LogP contribution in [0.15, 0.2) is 16.6 Å². The number of aliphatic carboxylic acids is 1. The second-order valence-electron chi connectivity index (χ2n) is 2.79. The van der Waals surface area contributed by atoms with E-state index in [9.17, 15) is 4.79 Å². The topological polar surface area (TPSA) is 37.3 Å². The maximum absolute atomic E-state index is 10.5. The molecule has 0 fully saturated rings. The Balaban J connectivity index is 3.12. The Morgan fingerprint density at radius 2 is 2.23 bits per heavy atom. The molecule has 2 nitrogen and oxygen atoms in total. The molecule has 0 spiro atoms. The third kappa shape index (κ3) is 2.95. The fraction of sp³-hybridized carbons (Fsp3) is 0.222. The summed E-state index contributed by atoms with van der Waals surface area (Å²) < 4.78 is 1.94. The first kappa shape index (κ1) is 11.0. The van der Waals surface area contributed by atoms with Crippen LogP contribution in [0.1, 0.15) is 11.1 Å². The smallest absolute Gasteiger partial charge is 0.307 e. The number of hydrogen-bond donors (Lipinski definition) is 1. The lowest BCUT2D eigenvalue weighted by Crippen LogP contribution is -2.02. The van der Waals surface area contributed by atoms with E-state index in [2.05, 4.69) is 38.5 Å². The highest BCUT2D eigenvalue weighted by molar-refractivity contribution is 14.1. The Kier molecular flexibility index (Phi) is 3.73. The number of rotatable bonds is 2. The largest absolute Gasteiger partial charge is 0.481 e. The molecule has 4 heteroatoms. The van der Waals surface area contributed by atoms with Gasteiger partial charge in [-0.15, -0.1) is 0 Å². The molecule has 70 valence electrons. The first-order chi connectivity index (χ1) is 6.00. The van der Waals surface area contributed by atoms with Crippen LogP contribution in [0.4, 0.5) is 0 Å². The van der Waals surface area contributed by atoms with Gasteiger partial charge in [0.05, 0.1) is 6.42 Å². The van der Waals surface area contributed by atoms with E-state index >= 15 is 0 Å². The highest BCUT2D eigenvalue weighted by Gasteiger charge is 2.08. The maximum atomic E-state index is 10.5. The van der Waals surface area contributed by atoms with E-state index in [1.54, 1.807) is 0 Å². The van der Waals surface area contributed by atoms with E-state index in [4.69, 9.17) is 5.11 Å². The van der Waals surface area contributed by atoms with Crippen molar-refractivity contribution in [3.8, 4) is 0 Å². The SMILES string of the molecule is Cc1cc(Br)c(I)c(CC(=O)O)c1. The maximum Gasteiger partial charge on any atom is 0.307 e. The van der Waals surface area contributed by atoms with E-state index in [0.717, 1.165) is 19.2 Å². The highest BCUT2D eigenvalue weighted by Crippen LogP contribution is 2.24. The summed E-state index contributed by atoms with van der Waals surface area (Å²) in [7, 11) is 0. The van der Waals surface area contributed by atoms with Crippen molar-refractivity contribution in [2.45, 2.75) is 13.3 Å². The zero-order chi connectivity index (χ0) is 10.0. The molecule has 0 unspecified atom stereocenters. The first-order valence-electron chi connectivity index (χ1n) is 3.67. The number of carboxylic acid groups (broad SMARTS) is 1. The molecule has 0 heterocycles. The molecule has 0 saturated heterocycles. The molecular weight excluding hydrogens is 347 g/mol. The summed E-state index contributed by atoms with van der Waals surface area (Å²) in [6.07, 6.45) is 0.0819. The second-order valence-corrected chi connectivity index (χ2v) is 4.72. The summed E-state index contributed by atoms with van der Waals surface area (Å²) in [6, 6.07) is 3.88. The Labute approximate surface area is 98.6 Å². The molecule has 0 amide bonds. The van der Waals surface area contributed by atoms with Gasteiger partial charge in [0.15, 0.2) is 0 Å². The molecule has 0 saturated carbocycles. The lowest BCUT2D eigenvalue weighted by atomic mass is 10.1. The number of hydrogen-bond acceptors (Lipinski definition) is 1. The van der Waals surface area contributed by atoms with Crippen molar-refractivity contribution in [2.24, 2.45) is 0 Å². The molecule has 0 atom stereocenters. The van der Waals surface area contributed by atoms with Gasteiger partial charge in [0.25, 0.3) is 0 Å². The second kappa shape index (κ2) is 4.41. The standard InChI is InChI=1S/C9H8BrIO2/c1-5-2-6(4-8(12)13)9(11)7(10)3-5/h2-3H,4H2,1H3,(H,12,13). The number of benzene rings is 1. The molecule has 1 aromatic carbocycles. The quantitative estimate of drug-likeness (QED) is 0.829. The molecular formula is C9H8BrIO2. The fourth-order valence-corrected chi connectivity index (χ4v) is 2.21. The van der Waals surface area contributed by atoms with E-state index in [0.29, 0.717) is 0 Å². The molecule has 13 heavy (non-hydrogen) atoms. The van der Waals surface area contributed by atoms with Crippen molar-refractivity contribution >= 4 is 44.5 Å². The molecule has 0 aliphatic carbocycles. The zero-order valence-electron chi connectivity index (χ0n) is 6.97. The summed E-state index contributed by atoms with van der Waals surface area (Å²) in [6.45, 7) is 1.95. The average molecular weight is 355 g/mol. The lowest BCUT2D eigenvalue weighted by Gasteiger charge is -2.05. The fourth-order valence-electron chi connectivity index (χ4n) is 1.09. The summed E-state index contributed by atoms with van der Waals surface area (Å²) in [4.78, 5) is 10.5. The van der Waals surface area contributed by atoms with Crippen LogP contribution in [0.5, 0.6) is 0 Å². The van der Waals surface area contributed by atoms with Gasteiger partial charge in [0.2, 0.25) is 0 Å². The molecule has 0 aliphatic rings. The third-order valence-corrected chi connectivity index (χ3v) is 4.23. The first-order valence-corrected chi connectivity index (χ1v) is 5.54. The average Bonchev–Trinajstić information content (AvgIpc) is 1.98. The Hall–Kier alpha value is -0.100. The van der Waals surface area contributed by atoms with E-state index in [1.165, 1.54) is 0 Å². The Morgan fingerprint density at radius 3 is 2.77 bits per heavy atom. The number of carbonyl (C=O) groups is 1. The van der Waals surface area contributed by atoms with Gasteiger partial charge in [-0.2, -0.15) is 0 Å². The van der Waals surface area contributed by atoms with Crippen LogP contribution in [-0.2, 0) is 11.2 Å². The number of carboxylic acids is 1. The minimum atomic E-state index is -0.796. The van der Waals surface area contributed by atoms with Crippen LogP contribution in [0.2, 0.25) is 0 Å². The molecule has 0 bridgehead atoms. The Morgan fingerprint density at radius 1 is 1.62 bits per heavy atom. The monoisotopic (exact) mass is 354 g/mol. The summed E-state index contributed by atoms with van der Waals surface area (Å²) in [5, 5.41) is 8.65. The van der Waals surface area contributed by atoms with Crippen molar-refractivity contribution in [1.82, 2.24) is 0 Å². The van der Waals surface area contributed by atoms with Crippen LogP contribution in [0, 0.1) is 10.5 Å². The van der Waals surface area contributed by atoms with Gasteiger partial charge in [0, 0.05) is 8.04 Å². The van der Waals surface area contributed by atoms with Gasteiger partial charge in [-0.1, -0.05) is 6.07 Å². The van der Waals surface area contributed by atoms with Crippen LogP contribution >= 0.6 is 38.5 Å². The van der Waals surface area contributed by atoms with Crippen LogP contribution in [-0.4, -0.2) is 11.1 Å². The number of aryl methyl sites for hydroxylation is 1. The van der Waals surface area contributed by atoms with Crippen molar-refractivity contribution < 1.29 is 9.90 Å². The predicted molar refractivity (Wildman–Crippen MR) is 62.9 cm³/mol. The highest BCUT2D eigenvalue weighted by atomic mass is 127. The predicted octanol–water partition coefficient (Wildman–Crippen LogP) is 2.99. The van der Waals surface area contributed by atoms with Crippen molar-refractivity contribution in [2.75, 3.05) is 0 Å². The van der Waals surface area contributed by atoms with Crippen molar-refractivity contribution in [1.29, 1.82) is 0 Å². The Bertz CT molecular complexity index is 350. The van der Waals surface area contributed by atoms with Gasteiger partial charge in [0.1, 0.15) is 0 Å². The van der Waals surface area contributed by atoms with E-state index < -0.39 is 5.97 Å². The molecule has 1 aromatic rings. The lowest BCUT2D eigenvalue weighted by molar-refractivity contribution is -0.136. The number of halogens is 2. The summed E-state index contributed by atoms with van der Waals surface area (Å²) in [5.41, 5.74) is 1.93. The van der Waals surface area contributed by atoms with Gasteiger partial charge in [-0.3, -0.25) is 4.79 Å².